The Morgan fingerprint density at radius 2 is 1.78 bits per heavy atom. The third-order valence-corrected chi connectivity index (χ3v) is 9.98. The first kappa shape index (κ1) is 22.1. The van der Waals surface area contributed by atoms with E-state index in [1.54, 1.807) is 0 Å². The van der Waals surface area contributed by atoms with Gasteiger partial charge in [0.15, 0.2) is 14.1 Å². The van der Waals surface area contributed by atoms with Crippen molar-refractivity contribution in [2.75, 3.05) is 7.11 Å². The van der Waals surface area contributed by atoms with Crippen LogP contribution < -0.4 is 0 Å². The molecule has 0 aromatic heterocycles. The molecule has 1 aliphatic rings. The average molecular weight is 395 g/mol. The van der Waals surface area contributed by atoms with Crippen LogP contribution in [0.5, 0.6) is 0 Å². The van der Waals surface area contributed by atoms with Crippen LogP contribution in [0.4, 0.5) is 0 Å². The van der Waals surface area contributed by atoms with Crippen LogP contribution in [-0.2, 0) is 23.4 Å². The average Bonchev–Trinajstić information content (AvgIpc) is 2.89. The second kappa shape index (κ2) is 8.03. The lowest BCUT2D eigenvalue weighted by Crippen LogP contribution is -2.49. The molecule has 27 heavy (non-hydrogen) atoms. The molecule has 0 aliphatic carbocycles. The molecule has 1 aliphatic heterocycles. The molecule has 2 rings (SSSR count). The summed E-state index contributed by atoms with van der Waals surface area (Å²) in [5.74, 6) is -1.06. The Labute approximate surface area is 164 Å². The number of hydrogen-bond donors (Lipinski definition) is 0. The van der Waals surface area contributed by atoms with E-state index in [2.05, 4.69) is 33.9 Å². The van der Waals surface area contributed by atoms with Crippen LogP contribution in [-0.4, -0.2) is 39.4 Å². The van der Waals surface area contributed by atoms with E-state index in [1.165, 1.54) is 7.11 Å². The summed E-state index contributed by atoms with van der Waals surface area (Å²) in [6.07, 6.45) is -1.00. The number of carbonyl (C=O) groups excluding carboxylic acids is 1. The Morgan fingerprint density at radius 3 is 2.30 bits per heavy atom. The zero-order valence-electron chi connectivity index (χ0n) is 17.9. The number of benzene rings is 1. The smallest absolute Gasteiger partial charge is 0.308 e. The minimum atomic E-state index is -2.14. The summed E-state index contributed by atoms with van der Waals surface area (Å²) in [6.45, 7) is 14.7. The standard InChI is InChI=1S/C21H34O5Si/c1-20(2,3)27(7,8)26-16(14-17(22)23-6)19-18(24-21(4,5)25-19)15-12-10-9-11-13-15/h9-13,16,18-19H,14H2,1-8H3/t16-,18-,19-/m1/s1. The molecule has 0 N–H and O–H groups in total. The summed E-state index contributed by atoms with van der Waals surface area (Å²) in [4.78, 5) is 12.1. The van der Waals surface area contributed by atoms with Crippen LogP contribution in [0.15, 0.2) is 30.3 Å². The van der Waals surface area contributed by atoms with Crippen LogP contribution >= 0.6 is 0 Å². The van der Waals surface area contributed by atoms with Gasteiger partial charge in [0.25, 0.3) is 0 Å². The van der Waals surface area contributed by atoms with Gasteiger partial charge in [0.1, 0.15) is 12.2 Å². The third-order valence-electron chi connectivity index (χ3n) is 5.47. The molecule has 152 valence electrons. The minimum absolute atomic E-state index is 0.0125. The van der Waals surface area contributed by atoms with Gasteiger partial charge < -0.3 is 18.6 Å². The van der Waals surface area contributed by atoms with Crippen molar-refractivity contribution in [1.82, 2.24) is 0 Å². The Hall–Kier alpha value is -1.21. The van der Waals surface area contributed by atoms with E-state index in [-0.39, 0.29) is 23.5 Å². The van der Waals surface area contributed by atoms with E-state index in [1.807, 2.05) is 44.2 Å². The van der Waals surface area contributed by atoms with Crippen molar-refractivity contribution >= 4 is 14.3 Å². The minimum Gasteiger partial charge on any atom is -0.469 e. The van der Waals surface area contributed by atoms with Crippen molar-refractivity contribution in [3.05, 3.63) is 35.9 Å². The van der Waals surface area contributed by atoms with Crippen LogP contribution in [0, 0.1) is 0 Å². The second-order valence-corrected chi connectivity index (χ2v) is 13.9. The van der Waals surface area contributed by atoms with Gasteiger partial charge in [-0.2, -0.15) is 0 Å². The van der Waals surface area contributed by atoms with E-state index in [4.69, 9.17) is 18.6 Å². The molecule has 3 atom stereocenters. The fraction of sp³-hybridized carbons (Fsp3) is 0.667. The normalized spacial score (nSPS) is 23.9. The van der Waals surface area contributed by atoms with Gasteiger partial charge in [-0.3, -0.25) is 4.79 Å². The number of methoxy groups -OCH3 is 1. The zero-order chi connectivity index (χ0) is 20.5. The van der Waals surface area contributed by atoms with Crippen LogP contribution in [0.1, 0.15) is 52.7 Å². The Morgan fingerprint density at radius 1 is 1.19 bits per heavy atom. The largest absolute Gasteiger partial charge is 0.469 e. The van der Waals surface area contributed by atoms with Gasteiger partial charge in [0.2, 0.25) is 0 Å². The van der Waals surface area contributed by atoms with Gasteiger partial charge in [-0.25, -0.2) is 0 Å². The SMILES string of the molecule is COC(=O)C[C@@H](O[Si](C)(C)C(C)(C)C)[C@H]1OC(C)(C)O[C@@H]1c1ccccc1. The van der Waals surface area contributed by atoms with Crippen molar-refractivity contribution in [2.24, 2.45) is 0 Å². The first-order valence-corrected chi connectivity index (χ1v) is 12.4. The molecule has 1 heterocycles. The zero-order valence-corrected chi connectivity index (χ0v) is 18.9. The van der Waals surface area contributed by atoms with Gasteiger partial charge in [-0.15, -0.1) is 0 Å². The number of rotatable bonds is 6. The summed E-state index contributed by atoms with van der Waals surface area (Å²) in [5.41, 5.74) is 1.02. The Kier molecular flexibility index (Phi) is 6.57. The molecule has 0 saturated carbocycles. The van der Waals surface area contributed by atoms with E-state index < -0.39 is 26.3 Å². The molecule has 1 saturated heterocycles. The maximum absolute atomic E-state index is 12.1. The van der Waals surface area contributed by atoms with Gasteiger partial charge in [-0.1, -0.05) is 51.1 Å². The lowest BCUT2D eigenvalue weighted by molar-refractivity contribution is -0.159. The van der Waals surface area contributed by atoms with Crippen LogP contribution in [0.3, 0.4) is 0 Å². The Bertz CT molecular complexity index is 636. The van der Waals surface area contributed by atoms with Gasteiger partial charge >= 0.3 is 5.97 Å². The fourth-order valence-corrected chi connectivity index (χ4v) is 4.32. The lowest BCUT2D eigenvalue weighted by atomic mass is 9.99. The predicted molar refractivity (Wildman–Crippen MR) is 108 cm³/mol. The first-order chi connectivity index (χ1) is 12.4. The third kappa shape index (κ3) is 5.41. The summed E-state index contributed by atoms with van der Waals surface area (Å²) in [7, 11) is -0.736. The highest BCUT2D eigenvalue weighted by Crippen LogP contribution is 2.44. The van der Waals surface area contributed by atoms with E-state index in [0.717, 1.165) is 5.56 Å². The summed E-state index contributed by atoms with van der Waals surface area (Å²) >= 11 is 0. The molecular formula is C21H34O5Si. The topological polar surface area (TPSA) is 54.0 Å². The highest BCUT2D eigenvalue weighted by molar-refractivity contribution is 6.74. The summed E-state index contributed by atoms with van der Waals surface area (Å²) < 4.78 is 24.0. The van der Waals surface area contributed by atoms with Crippen LogP contribution in [0.25, 0.3) is 0 Å². The number of esters is 1. The summed E-state index contributed by atoms with van der Waals surface area (Å²) in [6, 6.07) is 9.96. The molecule has 1 aromatic rings. The second-order valence-electron chi connectivity index (χ2n) is 9.13. The van der Waals surface area contributed by atoms with Gasteiger partial charge in [0.05, 0.1) is 19.6 Å². The van der Waals surface area contributed by atoms with E-state index in [0.29, 0.717) is 0 Å². The summed E-state index contributed by atoms with van der Waals surface area (Å²) in [5, 5.41) is 0.0125. The lowest BCUT2D eigenvalue weighted by Gasteiger charge is -2.41. The molecule has 1 fully saturated rings. The molecule has 0 spiro atoms. The van der Waals surface area contributed by atoms with Crippen molar-refractivity contribution < 1.29 is 23.4 Å². The Balaban J connectivity index is 2.38. The molecule has 6 heteroatoms. The molecule has 5 nitrogen and oxygen atoms in total. The molecule has 0 radical (unpaired) electrons. The monoisotopic (exact) mass is 394 g/mol. The van der Waals surface area contributed by atoms with Crippen molar-refractivity contribution in [3.8, 4) is 0 Å². The number of carbonyl (C=O) groups is 1. The van der Waals surface area contributed by atoms with Crippen molar-refractivity contribution in [3.63, 3.8) is 0 Å². The highest BCUT2D eigenvalue weighted by atomic mass is 28.4. The molecule has 0 amide bonds. The number of hydrogen-bond acceptors (Lipinski definition) is 5. The maximum Gasteiger partial charge on any atom is 0.308 e. The predicted octanol–water partition coefficient (Wildman–Crippen LogP) is 4.83. The van der Waals surface area contributed by atoms with Gasteiger partial charge in [-0.05, 0) is 37.5 Å². The quantitative estimate of drug-likeness (QED) is 0.511. The molecule has 0 unspecified atom stereocenters. The van der Waals surface area contributed by atoms with Crippen molar-refractivity contribution in [1.29, 1.82) is 0 Å². The molecular weight excluding hydrogens is 360 g/mol. The highest BCUT2D eigenvalue weighted by Gasteiger charge is 2.49. The van der Waals surface area contributed by atoms with Gasteiger partial charge in [0, 0.05) is 0 Å². The van der Waals surface area contributed by atoms with Crippen LogP contribution in [0.2, 0.25) is 18.1 Å². The first-order valence-electron chi connectivity index (χ1n) is 9.51. The van der Waals surface area contributed by atoms with E-state index >= 15 is 0 Å². The molecule has 0 bridgehead atoms. The maximum atomic E-state index is 12.1. The van der Waals surface area contributed by atoms with Crippen molar-refractivity contribution in [2.45, 2.75) is 83.3 Å². The van der Waals surface area contributed by atoms with E-state index in [9.17, 15) is 4.79 Å². The fourth-order valence-electron chi connectivity index (χ4n) is 2.99. The number of ether oxygens (including phenoxy) is 3. The molecule has 1 aromatic carbocycles.